The molecule has 2 aliphatic rings. The van der Waals surface area contributed by atoms with Gasteiger partial charge in [-0.05, 0) is 97.4 Å². The Bertz CT molecular complexity index is 3390. The first-order chi connectivity index (χ1) is 28.3. The summed E-state index contributed by atoms with van der Waals surface area (Å²) in [5, 5.41) is 10.4. The van der Waals surface area contributed by atoms with Gasteiger partial charge in [-0.1, -0.05) is 140 Å². The van der Waals surface area contributed by atoms with Crippen LogP contribution in [0.3, 0.4) is 0 Å². The highest BCUT2D eigenvalue weighted by atomic mass is 32.1. The highest BCUT2D eigenvalue weighted by molar-refractivity contribution is 7.40. The second-order valence-corrected chi connectivity index (χ2v) is 17.3. The maximum atomic E-state index is 2.56. The fourth-order valence-electron chi connectivity index (χ4n) is 9.90. The van der Waals surface area contributed by atoms with Crippen LogP contribution in [0.2, 0.25) is 0 Å². The fourth-order valence-corrected chi connectivity index (χ4v) is 12.6. The highest BCUT2D eigenvalue weighted by Crippen LogP contribution is 2.50. The molecule has 2 aromatic heterocycles. The SMILES string of the molecule is c1ccc(N2c3cccc4c3B(c3sc5ccccc5c32)c2sc3ccccc3c2N4c2ccc(-c3cccc4c5ccccc5c5ccccc5c34)cc2)cc1. The fraction of sp³-hybridized carbons (Fsp3) is 0. The number of fused-ring (bicyclic) bond motifs is 14. The largest absolute Gasteiger partial charge is 0.310 e. The summed E-state index contributed by atoms with van der Waals surface area (Å²) in [5.41, 5.74) is 11.3. The quantitative estimate of drug-likeness (QED) is 0.131. The Hall–Kier alpha value is -6.66. The summed E-state index contributed by atoms with van der Waals surface area (Å²) in [6.07, 6.45) is 0. The Morgan fingerprint density at radius 1 is 0.351 bits per heavy atom. The molecular formula is C52H31BN2S2. The molecule has 13 rings (SSSR count). The van der Waals surface area contributed by atoms with E-state index in [1.807, 2.05) is 22.7 Å². The zero-order chi connectivity index (χ0) is 37.2. The average Bonchev–Trinajstić information content (AvgIpc) is 3.86. The average molecular weight is 759 g/mol. The third-order valence-electron chi connectivity index (χ3n) is 12.2. The van der Waals surface area contributed by atoms with E-state index in [1.54, 1.807) is 0 Å². The second-order valence-electron chi connectivity index (χ2n) is 15.1. The molecule has 0 unspecified atom stereocenters. The Labute approximate surface area is 338 Å². The van der Waals surface area contributed by atoms with Gasteiger partial charge < -0.3 is 9.80 Å². The van der Waals surface area contributed by atoms with Crippen LogP contribution in [-0.4, -0.2) is 6.71 Å². The van der Waals surface area contributed by atoms with Gasteiger partial charge in [0.05, 0.1) is 11.4 Å². The third-order valence-corrected chi connectivity index (χ3v) is 14.7. The van der Waals surface area contributed by atoms with Crippen LogP contribution in [0.5, 0.6) is 0 Å². The van der Waals surface area contributed by atoms with Crippen molar-refractivity contribution in [1.29, 1.82) is 0 Å². The molecule has 0 bridgehead atoms. The van der Waals surface area contributed by atoms with Crippen LogP contribution in [0.1, 0.15) is 0 Å². The van der Waals surface area contributed by atoms with E-state index in [9.17, 15) is 0 Å². The van der Waals surface area contributed by atoms with Crippen molar-refractivity contribution in [2.75, 3.05) is 9.80 Å². The van der Waals surface area contributed by atoms with Crippen LogP contribution in [-0.2, 0) is 0 Å². The van der Waals surface area contributed by atoms with Crippen molar-refractivity contribution in [2.45, 2.75) is 0 Å². The molecule has 0 spiro atoms. The lowest BCUT2D eigenvalue weighted by molar-refractivity contribution is 1.28. The van der Waals surface area contributed by atoms with E-state index < -0.39 is 0 Å². The summed E-state index contributed by atoms with van der Waals surface area (Å²) in [5.74, 6) is 0. The number of hydrogen-bond donors (Lipinski definition) is 0. The van der Waals surface area contributed by atoms with Crippen LogP contribution in [0.25, 0.3) is 63.6 Å². The summed E-state index contributed by atoms with van der Waals surface area (Å²) >= 11 is 3.91. The molecular weight excluding hydrogens is 728 g/mol. The number of thiophene rings is 2. The van der Waals surface area contributed by atoms with Crippen molar-refractivity contribution in [2.24, 2.45) is 0 Å². The predicted octanol–water partition coefficient (Wildman–Crippen LogP) is 13.3. The van der Waals surface area contributed by atoms with Gasteiger partial charge in [0.25, 0.3) is 6.71 Å². The minimum atomic E-state index is 0.130. The first-order valence-electron chi connectivity index (χ1n) is 19.6. The number of para-hydroxylation sites is 1. The van der Waals surface area contributed by atoms with Crippen molar-refractivity contribution >= 4 is 131 Å². The zero-order valence-electron chi connectivity index (χ0n) is 30.7. The summed E-state index contributed by atoms with van der Waals surface area (Å²) < 4.78 is 5.47. The molecule has 57 heavy (non-hydrogen) atoms. The maximum Gasteiger partial charge on any atom is 0.277 e. The van der Waals surface area contributed by atoms with E-state index in [1.165, 1.54) is 113 Å². The van der Waals surface area contributed by atoms with Gasteiger partial charge >= 0.3 is 0 Å². The first kappa shape index (κ1) is 31.5. The van der Waals surface area contributed by atoms with Crippen LogP contribution in [0, 0.1) is 0 Å². The monoisotopic (exact) mass is 758 g/mol. The van der Waals surface area contributed by atoms with E-state index in [2.05, 4.69) is 198 Å². The Morgan fingerprint density at radius 3 is 1.37 bits per heavy atom. The zero-order valence-corrected chi connectivity index (χ0v) is 32.3. The number of nitrogens with zero attached hydrogens (tertiary/aromatic N) is 2. The van der Waals surface area contributed by atoms with Crippen LogP contribution in [0.4, 0.5) is 34.1 Å². The molecule has 0 radical (unpaired) electrons. The number of rotatable bonds is 3. The lowest BCUT2D eigenvalue weighted by Crippen LogP contribution is -2.59. The van der Waals surface area contributed by atoms with Crippen molar-refractivity contribution in [3.05, 3.63) is 188 Å². The van der Waals surface area contributed by atoms with Crippen LogP contribution < -0.4 is 24.8 Å². The lowest BCUT2D eigenvalue weighted by atomic mass is 9.39. The Balaban J connectivity index is 1.05. The lowest BCUT2D eigenvalue weighted by Gasteiger charge is -2.42. The summed E-state index contributed by atoms with van der Waals surface area (Å²) in [6.45, 7) is 0.130. The van der Waals surface area contributed by atoms with E-state index in [0.29, 0.717) is 0 Å². The van der Waals surface area contributed by atoms with E-state index in [0.717, 1.165) is 0 Å². The number of benzene rings is 9. The Morgan fingerprint density at radius 2 is 0.789 bits per heavy atom. The molecule has 11 aromatic rings. The molecule has 9 aromatic carbocycles. The van der Waals surface area contributed by atoms with Gasteiger partial charge in [-0.15, -0.1) is 22.7 Å². The molecule has 264 valence electrons. The maximum absolute atomic E-state index is 2.56. The summed E-state index contributed by atoms with van der Waals surface area (Å²) in [4.78, 5) is 5.08. The molecule has 0 aliphatic carbocycles. The van der Waals surface area contributed by atoms with E-state index in [-0.39, 0.29) is 6.71 Å². The standard InChI is InChI=1S/C52H31BN2S2/c1-2-14-33(15-3-1)54-43-24-13-25-44-48(43)53(51-49(54)41-20-8-10-26-45(41)56-51)52-50(42-21-9-11-27-46(42)57-52)55(44)34-30-28-32(29-31-34)35-22-12-23-40-38-17-5-4-16-36(38)37-18-6-7-19-39(37)47(35)40/h1-31H. The molecule has 5 heteroatoms. The van der Waals surface area contributed by atoms with Gasteiger partial charge in [0.2, 0.25) is 0 Å². The normalized spacial score (nSPS) is 13.2. The summed E-state index contributed by atoms with van der Waals surface area (Å²) in [6, 6.07) is 69.7. The molecule has 0 atom stereocenters. The van der Waals surface area contributed by atoms with Crippen LogP contribution in [0.15, 0.2) is 188 Å². The van der Waals surface area contributed by atoms with Crippen molar-refractivity contribution in [1.82, 2.24) is 0 Å². The van der Waals surface area contributed by atoms with Crippen molar-refractivity contribution in [3.63, 3.8) is 0 Å². The van der Waals surface area contributed by atoms with Gasteiger partial charge in [-0.3, -0.25) is 0 Å². The molecule has 4 heterocycles. The minimum Gasteiger partial charge on any atom is -0.310 e. The van der Waals surface area contributed by atoms with Crippen LogP contribution >= 0.6 is 22.7 Å². The molecule has 0 fully saturated rings. The molecule has 2 nitrogen and oxygen atoms in total. The van der Waals surface area contributed by atoms with Crippen molar-refractivity contribution in [3.8, 4) is 11.1 Å². The third kappa shape index (κ3) is 4.36. The molecule has 0 saturated carbocycles. The molecule has 0 amide bonds. The number of hydrogen-bond acceptors (Lipinski definition) is 4. The molecule has 0 saturated heterocycles. The van der Waals surface area contributed by atoms with Gasteiger partial charge in [-0.25, -0.2) is 0 Å². The number of anilines is 6. The topological polar surface area (TPSA) is 6.48 Å². The highest BCUT2D eigenvalue weighted by Gasteiger charge is 2.46. The van der Waals surface area contributed by atoms with Crippen molar-refractivity contribution < 1.29 is 0 Å². The molecule has 2 aliphatic heterocycles. The molecule has 0 N–H and O–H groups in total. The van der Waals surface area contributed by atoms with Gasteiger partial charge in [0.1, 0.15) is 0 Å². The van der Waals surface area contributed by atoms with E-state index >= 15 is 0 Å². The second kappa shape index (κ2) is 11.9. The van der Waals surface area contributed by atoms with Gasteiger partial charge in [-0.2, -0.15) is 0 Å². The minimum absolute atomic E-state index is 0.130. The summed E-state index contributed by atoms with van der Waals surface area (Å²) in [7, 11) is 0. The Kier molecular flexibility index (Phi) is 6.60. The smallest absolute Gasteiger partial charge is 0.277 e. The predicted molar refractivity (Wildman–Crippen MR) is 249 cm³/mol. The van der Waals surface area contributed by atoms with Gasteiger partial charge in [0.15, 0.2) is 0 Å². The first-order valence-corrected chi connectivity index (χ1v) is 21.2. The van der Waals surface area contributed by atoms with Gasteiger partial charge in [0, 0.05) is 52.5 Å². The van der Waals surface area contributed by atoms with E-state index in [4.69, 9.17) is 0 Å².